The fourth-order valence-electron chi connectivity index (χ4n) is 1.54. The lowest BCUT2D eigenvalue weighted by atomic mass is 10.2. The molecule has 2 amide bonds. The molecule has 0 bridgehead atoms. The molecule has 1 rings (SSSR count). The summed E-state index contributed by atoms with van der Waals surface area (Å²) in [5, 5.41) is 4.72. The second-order valence-electron chi connectivity index (χ2n) is 4.29. The van der Waals surface area contributed by atoms with Crippen LogP contribution in [0.25, 0.3) is 0 Å². The maximum absolute atomic E-state index is 13.6. The van der Waals surface area contributed by atoms with Gasteiger partial charge in [-0.15, -0.1) is 0 Å². The van der Waals surface area contributed by atoms with Gasteiger partial charge in [0.1, 0.15) is 0 Å². The number of rotatable bonds is 8. The summed E-state index contributed by atoms with van der Waals surface area (Å²) < 4.78 is 36.2. The molecule has 0 spiro atoms. The van der Waals surface area contributed by atoms with Crippen LogP contribution in [0, 0.1) is 11.6 Å². The van der Waals surface area contributed by atoms with Gasteiger partial charge in [-0.2, -0.15) is 11.8 Å². The van der Waals surface area contributed by atoms with Gasteiger partial charge in [-0.05, 0) is 0 Å². The van der Waals surface area contributed by atoms with Gasteiger partial charge in [-0.1, -0.05) is 0 Å². The molecule has 0 aliphatic carbocycles. The van der Waals surface area contributed by atoms with E-state index in [1.807, 2.05) is 0 Å². The summed E-state index contributed by atoms with van der Waals surface area (Å²) in [6, 6.07) is 1.05. The van der Waals surface area contributed by atoms with Crippen molar-refractivity contribution in [2.24, 2.45) is 0 Å². The third-order valence-corrected chi connectivity index (χ3v) is 3.69. The Kier molecular flexibility index (Phi) is 8.17. The van der Waals surface area contributed by atoms with Gasteiger partial charge < -0.3 is 20.1 Å². The molecule has 1 aromatic carbocycles. The second-order valence-corrected chi connectivity index (χ2v) is 5.51. The van der Waals surface area contributed by atoms with Crippen molar-refractivity contribution in [1.82, 2.24) is 5.32 Å². The molecule has 6 nitrogen and oxygen atoms in total. The van der Waals surface area contributed by atoms with Crippen LogP contribution in [-0.4, -0.2) is 44.3 Å². The van der Waals surface area contributed by atoms with Crippen molar-refractivity contribution in [2.75, 3.05) is 37.6 Å². The Balaban J connectivity index is 2.32. The molecule has 0 aliphatic rings. The topological polar surface area (TPSA) is 76.7 Å². The van der Waals surface area contributed by atoms with Crippen molar-refractivity contribution in [3.8, 4) is 5.75 Å². The third kappa shape index (κ3) is 6.72. The van der Waals surface area contributed by atoms with Gasteiger partial charge in [0.05, 0.1) is 26.3 Å². The SMILES string of the molecule is COC(=O)CCSCCNC(=O)Nc1cc(F)c(OC)cc1F. The molecule has 0 aliphatic heterocycles. The van der Waals surface area contributed by atoms with Crippen LogP contribution in [0.15, 0.2) is 12.1 Å². The van der Waals surface area contributed by atoms with Crippen molar-refractivity contribution in [2.45, 2.75) is 6.42 Å². The molecule has 1 aromatic rings. The van der Waals surface area contributed by atoms with Gasteiger partial charge in [0.25, 0.3) is 0 Å². The van der Waals surface area contributed by atoms with E-state index in [0.29, 0.717) is 24.5 Å². The zero-order chi connectivity index (χ0) is 17.2. The number of carbonyl (C=O) groups excluding carboxylic acids is 2. The number of esters is 1. The van der Waals surface area contributed by atoms with E-state index in [0.717, 1.165) is 12.1 Å². The molecule has 0 saturated heterocycles. The Morgan fingerprint density at radius 2 is 1.91 bits per heavy atom. The number of amides is 2. The average molecular weight is 348 g/mol. The monoisotopic (exact) mass is 348 g/mol. The van der Waals surface area contributed by atoms with E-state index in [1.165, 1.54) is 26.0 Å². The van der Waals surface area contributed by atoms with Crippen LogP contribution in [0.1, 0.15) is 6.42 Å². The summed E-state index contributed by atoms with van der Waals surface area (Å²) in [4.78, 5) is 22.5. The molecule has 23 heavy (non-hydrogen) atoms. The standard InChI is InChI=1S/C14H18F2N2O4S/c1-21-12-8-9(15)11(7-10(12)16)18-14(20)17-4-6-23-5-3-13(19)22-2/h7-8H,3-6H2,1-2H3,(H2,17,18,20). The average Bonchev–Trinajstić information content (AvgIpc) is 2.53. The number of benzene rings is 1. The number of anilines is 1. The molecule has 0 aromatic heterocycles. The predicted molar refractivity (Wildman–Crippen MR) is 83.9 cm³/mol. The first-order chi connectivity index (χ1) is 11.0. The molecular formula is C14H18F2N2O4S. The molecule has 0 saturated carbocycles. The van der Waals surface area contributed by atoms with Crippen LogP contribution in [0.4, 0.5) is 19.3 Å². The highest BCUT2D eigenvalue weighted by molar-refractivity contribution is 7.99. The molecule has 0 unspecified atom stereocenters. The predicted octanol–water partition coefficient (Wildman–Crippen LogP) is 2.39. The number of halogens is 2. The number of hydrogen-bond acceptors (Lipinski definition) is 5. The Hall–Kier alpha value is -2.03. The first-order valence-electron chi connectivity index (χ1n) is 6.70. The number of ether oxygens (including phenoxy) is 2. The molecule has 2 N–H and O–H groups in total. The number of methoxy groups -OCH3 is 2. The quantitative estimate of drug-likeness (QED) is 0.557. The van der Waals surface area contributed by atoms with Crippen molar-refractivity contribution >= 4 is 29.4 Å². The van der Waals surface area contributed by atoms with E-state index in [-0.39, 0.29) is 17.4 Å². The highest BCUT2D eigenvalue weighted by atomic mass is 32.2. The lowest BCUT2D eigenvalue weighted by Crippen LogP contribution is -2.31. The zero-order valence-electron chi connectivity index (χ0n) is 12.8. The van der Waals surface area contributed by atoms with Gasteiger partial charge in [-0.3, -0.25) is 4.79 Å². The summed E-state index contributed by atoms with van der Waals surface area (Å²) in [6.07, 6.45) is 0.295. The molecule has 0 atom stereocenters. The number of nitrogens with one attached hydrogen (secondary N) is 2. The molecule has 0 radical (unpaired) electrons. The van der Waals surface area contributed by atoms with Gasteiger partial charge in [0.15, 0.2) is 17.4 Å². The smallest absolute Gasteiger partial charge is 0.319 e. The van der Waals surface area contributed by atoms with Crippen LogP contribution >= 0.6 is 11.8 Å². The highest BCUT2D eigenvalue weighted by Gasteiger charge is 2.12. The number of hydrogen-bond donors (Lipinski definition) is 2. The van der Waals surface area contributed by atoms with Crippen LogP contribution < -0.4 is 15.4 Å². The van der Waals surface area contributed by atoms with Gasteiger partial charge in [-0.25, -0.2) is 13.6 Å². The molecule has 9 heteroatoms. The zero-order valence-corrected chi connectivity index (χ0v) is 13.6. The van der Waals surface area contributed by atoms with Gasteiger partial charge >= 0.3 is 12.0 Å². The van der Waals surface area contributed by atoms with E-state index in [1.54, 1.807) is 0 Å². The Morgan fingerprint density at radius 3 is 2.57 bits per heavy atom. The van der Waals surface area contributed by atoms with Crippen LogP contribution in [0.2, 0.25) is 0 Å². The molecule has 0 fully saturated rings. The first-order valence-corrected chi connectivity index (χ1v) is 7.85. The second kappa shape index (κ2) is 9.88. The van der Waals surface area contributed by atoms with E-state index < -0.39 is 17.7 Å². The van der Waals surface area contributed by atoms with Crippen LogP contribution in [-0.2, 0) is 9.53 Å². The summed E-state index contributed by atoms with van der Waals surface area (Å²) in [5.74, 6) is -0.956. The Morgan fingerprint density at radius 1 is 1.17 bits per heavy atom. The fraction of sp³-hybridized carbons (Fsp3) is 0.429. The van der Waals surface area contributed by atoms with Crippen molar-refractivity contribution in [3.05, 3.63) is 23.8 Å². The summed E-state index contributed by atoms with van der Waals surface area (Å²) in [6.45, 7) is 0.317. The van der Waals surface area contributed by atoms with Gasteiger partial charge in [0, 0.05) is 30.2 Å². The minimum atomic E-state index is -0.800. The largest absolute Gasteiger partial charge is 0.494 e. The van der Waals surface area contributed by atoms with Crippen molar-refractivity contribution < 1.29 is 27.8 Å². The van der Waals surface area contributed by atoms with Crippen LogP contribution in [0.5, 0.6) is 5.75 Å². The van der Waals surface area contributed by atoms with Crippen molar-refractivity contribution in [1.29, 1.82) is 0 Å². The van der Waals surface area contributed by atoms with E-state index >= 15 is 0 Å². The Bertz CT molecular complexity index is 558. The molecular weight excluding hydrogens is 330 g/mol. The summed E-state index contributed by atoms with van der Waals surface area (Å²) >= 11 is 1.46. The minimum absolute atomic E-state index is 0.240. The van der Waals surface area contributed by atoms with E-state index in [4.69, 9.17) is 0 Å². The maximum Gasteiger partial charge on any atom is 0.319 e. The fourth-order valence-corrected chi connectivity index (χ4v) is 2.31. The number of carbonyl (C=O) groups is 2. The maximum atomic E-state index is 13.6. The van der Waals surface area contributed by atoms with Crippen molar-refractivity contribution in [3.63, 3.8) is 0 Å². The lowest BCUT2D eigenvalue weighted by molar-refractivity contribution is -0.140. The minimum Gasteiger partial charge on any atom is -0.494 e. The molecule has 0 heterocycles. The molecule has 128 valence electrons. The van der Waals surface area contributed by atoms with Crippen LogP contribution in [0.3, 0.4) is 0 Å². The summed E-state index contributed by atoms with van der Waals surface area (Å²) in [5.41, 5.74) is -0.279. The van der Waals surface area contributed by atoms with Gasteiger partial charge in [0.2, 0.25) is 0 Å². The number of thioether (sulfide) groups is 1. The van der Waals surface area contributed by atoms with E-state index in [9.17, 15) is 18.4 Å². The normalized spacial score (nSPS) is 10.1. The number of urea groups is 1. The first kappa shape index (κ1) is 19.0. The Labute approximate surface area is 136 Å². The highest BCUT2D eigenvalue weighted by Crippen LogP contribution is 2.24. The summed E-state index contributed by atoms with van der Waals surface area (Å²) in [7, 11) is 2.54. The third-order valence-electron chi connectivity index (χ3n) is 2.70. The van der Waals surface area contributed by atoms with E-state index in [2.05, 4.69) is 20.1 Å². The lowest BCUT2D eigenvalue weighted by Gasteiger charge is -2.10.